The molecular formula is C23H25N3O2. The Balaban J connectivity index is 1.59. The summed E-state index contributed by atoms with van der Waals surface area (Å²) in [6.07, 6.45) is 0.773. The summed E-state index contributed by atoms with van der Waals surface area (Å²) in [6.45, 7) is 3.44. The standard InChI is InChI=1S/C23H25N3O2/c1-16(23(27)25(2)3)26-14-13-21-20(15-26)22(24-28-21)19-11-9-18(10-12-19)17-7-5-4-6-8-17/h4-12,16H,13-15H2,1-3H3. The van der Waals surface area contributed by atoms with E-state index in [9.17, 15) is 4.79 Å². The van der Waals surface area contributed by atoms with Crippen molar-refractivity contribution in [2.75, 3.05) is 20.6 Å². The molecule has 2 aromatic carbocycles. The molecule has 144 valence electrons. The van der Waals surface area contributed by atoms with Crippen LogP contribution in [0.3, 0.4) is 0 Å². The lowest BCUT2D eigenvalue weighted by atomic mass is 9.98. The molecule has 1 amide bonds. The average molecular weight is 375 g/mol. The quantitative estimate of drug-likeness (QED) is 0.695. The van der Waals surface area contributed by atoms with E-state index in [4.69, 9.17) is 4.52 Å². The van der Waals surface area contributed by atoms with Crippen molar-refractivity contribution in [3.8, 4) is 22.4 Å². The van der Waals surface area contributed by atoms with Crippen LogP contribution in [0.4, 0.5) is 0 Å². The largest absolute Gasteiger partial charge is 0.360 e. The minimum absolute atomic E-state index is 0.119. The fourth-order valence-electron chi connectivity index (χ4n) is 3.77. The van der Waals surface area contributed by atoms with E-state index in [2.05, 4.69) is 46.5 Å². The summed E-state index contributed by atoms with van der Waals surface area (Å²) in [5, 5.41) is 4.35. The molecule has 5 nitrogen and oxygen atoms in total. The van der Waals surface area contributed by atoms with Gasteiger partial charge in [0.1, 0.15) is 11.5 Å². The summed E-state index contributed by atoms with van der Waals surface area (Å²) < 4.78 is 5.62. The van der Waals surface area contributed by atoms with E-state index >= 15 is 0 Å². The van der Waals surface area contributed by atoms with Crippen LogP contribution in [0.5, 0.6) is 0 Å². The first-order chi connectivity index (χ1) is 13.5. The molecule has 1 aromatic heterocycles. The van der Waals surface area contributed by atoms with Gasteiger partial charge in [0.25, 0.3) is 0 Å². The summed E-state index contributed by atoms with van der Waals surface area (Å²) in [7, 11) is 3.60. The number of likely N-dealkylation sites (N-methyl/N-ethyl adjacent to an activating group) is 1. The van der Waals surface area contributed by atoms with Crippen molar-refractivity contribution in [2.45, 2.75) is 25.9 Å². The highest BCUT2D eigenvalue weighted by molar-refractivity contribution is 5.81. The van der Waals surface area contributed by atoms with Crippen LogP contribution in [0, 0.1) is 0 Å². The molecule has 0 bridgehead atoms. The number of benzene rings is 2. The zero-order valence-electron chi connectivity index (χ0n) is 16.6. The third-order valence-electron chi connectivity index (χ3n) is 5.47. The molecule has 0 aliphatic carbocycles. The van der Waals surface area contributed by atoms with Gasteiger partial charge in [-0.05, 0) is 18.1 Å². The van der Waals surface area contributed by atoms with Crippen molar-refractivity contribution < 1.29 is 9.32 Å². The Hall–Kier alpha value is -2.92. The van der Waals surface area contributed by atoms with Crippen molar-refractivity contribution in [1.82, 2.24) is 15.0 Å². The first kappa shape index (κ1) is 18.4. The van der Waals surface area contributed by atoms with Crippen LogP contribution in [0.2, 0.25) is 0 Å². The van der Waals surface area contributed by atoms with E-state index in [1.54, 1.807) is 19.0 Å². The van der Waals surface area contributed by atoms with Gasteiger partial charge in [0, 0.05) is 44.7 Å². The fraction of sp³-hybridized carbons (Fsp3) is 0.304. The maximum atomic E-state index is 12.4. The van der Waals surface area contributed by atoms with Gasteiger partial charge in [-0.2, -0.15) is 0 Å². The van der Waals surface area contributed by atoms with Crippen LogP contribution in [0.1, 0.15) is 18.2 Å². The zero-order valence-corrected chi connectivity index (χ0v) is 16.6. The van der Waals surface area contributed by atoms with Crippen LogP contribution in [0.25, 0.3) is 22.4 Å². The molecule has 0 fully saturated rings. The molecule has 1 aliphatic heterocycles. The predicted octanol–water partition coefficient (Wildman–Crippen LogP) is 3.84. The third-order valence-corrected chi connectivity index (χ3v) is 5.47. The molecule has 0 saturated carbocycles. The number of hydrogen-bond acceptors (Lipinski definition) is 4. The van der Waals surface area contributed by atoms with Gasteiger partial charge in [0.2, 0.25) is 5.91 Å². The number of amides is 1. The molecule has 5 heteroatoms. The van der Waals surface area contributed by atoms with Gasteiger partial charge in [0.05, 0.1) is 6.04 Å². The maximum Gasteiger partial charge on any atom is 0.239 e. The predicted molar refractivity (Wildman–Crippen MR) is 110 cm³/mol. The second-order valence-corrected chi connectivity index (χ2v) is 7.51. The monoisotopic (exact) mass is 375 g/mol. The topological polar surface area (TPSA) is 49.6 Å². The summed E-state index contributed by atoms with van der Waals surface area (Å²) >= 11 is 0. The number of hydrogen-bond donors (Lipinski definition) is 0. The number of nitrogens with zero attached hydrogens (tertiary/aromatic N) is 3. The van der Waals surface area contributed by atoms with Gasteiger partial charge < -0.3 is 9.42 Å². The minimum Gasteiger partial charge on any atom is -0.360 e. The number of rotatable bonds is 4. The van der Waals surface area contributed by atoms with E-state index < -0.39 is 0 Å². The Morgan fingerprint density at radius 1 is 1.04 bits per heavy atom. The van der Waals surface area contributed by atoms with Gasteiger partial charge >= 0.3 is 0 Å². The van der Waals surface area contributed by atoms with E-state index in [-0.39, 0.29) is 11.9 Å². The Morgan fingerprint density at radius 3 is 2.36 bits per heavy atom. The van der Waals surface area contributed by atoms with E-state index in [1.807, 2.05) is 25.1 Å². The van der Waals surface area contributed by atoms with E-state index in [0.717, 1.165) is 35.5 Å². The van der Waals surface area contributed by atoms with Gasteiger partial charge in [-0.15, -0.1) is 0 Å². The normalized spacial score (nSPS) is 15.1. The third kappa shape index (κ3) is 3.45. The van der Waals surface area contributed by atoms with Crippen molar-refractivity contribution in [1.29, 1.82) is 0 Å². The molecule has 3 aromatic rings. The molecule has 0 radical (unpaired) electrons. The first-order valence-electron chi connectivity index (χ1n) is 9.63. The first-order valence-corrected chi connectivity index (χ1v) is 9.63. The van der Waals surface area contributed by atoms with Crippen LogP contribution in [0.15, 0.2) is 59.1 Å². The highest BCUT2D eigenvalue weighted by Crippen LogP contribution is 2.32. The Morgan fingerprint density at radius 2 is 1.68 bits per heavy atom. The highest BCUT2D eigenvalue weighted by atomic mass is 16.5. The molecule has 4 rings (SSSR count). The van der Waals surface area contributed by atoms with Gasteiger partial charge in [-0.1, -0.05) is 59.8 Å². The van der Waals surface area contributed by atoms with Crippen LogP contribution in [-0.4, -0.2) is 47.5 Å². The molecule has 1 atom stereocenters. The second kappa shape index (κ2) is 7.60. The molecule has 2 heterocycles. The highest BCUT2D eigenvalue weighted by Gasteiger charge is 2.30. The fourth-order valence-corrected chi connectivity index (χ4v) is 3.77. The van der Waals surface area contributed by atoms with Crippen LogP contribution < -0.4 is 0 Å². The molecule has 1 unspecified atom stereocenters. The van der Waals surface area contributed by atoms with Crippen molar-refractivity contribution in [3.63, 3.8) is 0 Å². The summed E-state index contributed by atoms with van der Waals surface area (Å²) in [6, 6.07) is 18.6. The van der Waals surface area contributed by atoms with Crippen molar-refractivity contribution >= 4 is 5.91 Å². The molecule has 28 heavy (non-hydrogen) atoms. The molecule has 0 N–H and O–H groups in total. The average Bonchev–Trinajstić information content (AvgIpc) is 3.16. The number of fused-ring (bicyclic) bond motifs is 1. The van der Waals surface area contributed by atoms with Crippen molar-refractivity contribution in [2.24, 2.45) is 0 Å². The zero-order chi connectivity index (χ0) is 19.7. The molecule has 1 aliphatic rings. The lowest BCUT2D eigenvalue weighted by molar-refractivity contribution is -0.134. The maximum absolute atomic E-state index is 12.4. The molecule has 0 saturated heterocycles. The van der Waals surface area contributed by atoms with E-state index in [0.29, 0.717) is 6.54 Å². The Kier molecular flexibility index (Phi) is 5.01. The number of carbonyl (C=O) groups excluding carboxylic acids is 1. The lowest BCUT2D eigenvalue weighted by Gasteiger charge is -2.32. The van der Waals surface area contributed by atoms with E-state index in [1.165, 1.54) is 11.1 Å². The van der Waals surface area contributed by atoms with Crippen molar-refractivity contribution in [3.05, 3.63) is 65.9 Å². The number of carbonyl (C=O) groups is 1. The van der Waals surface area contributed by atoms with Gasteiger partial charge in [-0.25, -0.2) is 0 Å². The SMILES string of the molecule is CC(C(=O)N(C)C)N1CCc2onc(-c3ccc(-c4ccccc4)cc3)c2C1. The Labute approximate surface area is 165 Å². The summed E-state index contributed by atoms with van der Waals surface area (Å²) in [5.74, 6) is 1.05. The van der Waals surface area contributed by atoms with Crippen LogP contribution in [-0.2, 0) is 17.8 Å². The Bertz CT molecular complexity index is 961. The summed E-state index contributed by atoms with van der Waals surface area (Å²) in [5.41, 5.74) is 5.38. The van der Waals surface area contributed by atoms with Crippen LogP contribution >= 0.6 is 0 Å². The summed E-state index contributed by atoms with van der Waals surface area (Å²) in [4.78, 5) is 16.2. The lowest BCUT2D eigenvalue weighted by Crippen LogP contribution is -2.46. The second-order valence-electron chi connectivity index (χ2n) is 7.51. The minimum atomic E-state index is -0.161. The molecular weight excluding hydrogens is 350 g/mol. The number of aromatic nitrogens is 1. The van der Waals surface area contributed by atoms with Gasteiger partial charge in [0.15, 0.2) is 0 Å². The van der Waals surface area contributed by atoms with Gasteiger partial charge in [-0.3, -0.25) is 9.69 Å². The molecule has 0 spiro atoms. The smallest absolute Gasteiger partial charge is 0.239 e.